The second kappa shape index (κ2) is 19.3. The quantitative estimate of drug-likeness (QED) is 0.107. The van der Waals surface area contributed by atoms with E-state index in [1.54, 1.807) is 24.3 Å². The van der Waals surface area contributed by atoms with E-state index in [2.05, 4.69) is 56.0 Å². The monoisotopic (exact) mass is 965 g/mol. The predicted octanol–water partition coefficient (Wildman–Crippen LogP) is 8.22. The SMILES string of the molecule is CC(C)(C)c1nc2cc(S(=O)(=O)n3ccc(C(=O)NCCO)c3)ccc2n1CC1CCC(F)CC1.CC(C)(C)c1nc2cc(S(=O)(=O)n3ccc(C(=O)O)c3)ccc2n1CC1CCC(F)CC1. The van der Waals surface area contributed by atoms with Crippen molar-refractivity contribution in [1.29, 1.82) is 0 Å². The van der Waals surface area contributed by atoms with Crippen molar-refractivity contribution in [2.24, 2.45) is 11.8 Å². The Morgan fingerprint density at radius 2 is 1.06 bits per heavy atom. The number of hydrogen-bond donors (Lipinski definition) is 3. The number of fused-ring (bicyclic) bond motifs is 2. The number of aromatic nitrogens is 6. The molecular weight excluding hydrogens is 905 g/mol. The van der Waals surface area contributed by atoms with Crippen LogP contribution in [0.15, 0.2) is 83.1 Å². The molecule has 0 atom stereocenters. The van der Waals surface area contributed by atoms with Crippen LogP contribution in [0.3, 0.4) is 0 Å². The van der Waals surface area contributed by atoms with E-state index >= 15 is 0 Å². The molecule has 6 aromatic rings. The lowest BCUT2D eigenvalue weighted by molar-refractivity contribution is 0.0696. The number of carboxylic acid groups (broad SMARTS) is 1. The molecule has 2 aromatic carbocycles. The predicted molar refractivity (Wildman–Crippen MR) is 251 cm³/mol. The maximum absolute atomic E-state index is 13.6. The standard InChI is InChI=1S/C25H33FN4O4S.C23H28FN3O4S/c1-25(2,3)24-28-21-14-20(8-9-22(21)30(24)15-17-4-6-19(26)7-5-17)35(33,34)29-12-10-18(16-29)23(32)27-11-13-31;1-23(2,3)22-25-19-12-18(32(30,31)26-11-10-16(14-26)21(28)29)8-9-20(19)27(22)13-15-4-6-17(24)7-5-15/h8-10,12,14,16-17,19,31H,4-7,11,13,15H2,1-3H3,(H,27,32);8-12,14-15,17H,4-7,13H2,1-3H3,(H,28,29). The fraction of sp³-hybridized carbons (Fsp3) is 0.500. The number of aliphatic hydroxyl groups is 1. The molecule has 2 fully saturated rings. The summed E-state index contributed by atoms with van der Waals surface area (Å²) in [5, 5.41) is 20.5. The van der Waals surface area contributed by atoms with Crippen molar-refractivity contribution in [1.82, 2.24) is 32.4 Å². The summed E-state index contributed by atoms with van der Waals surface area (Å²) in [5.74, 6) is 0.799. The Morgan fingerprint density at radius 3 is 1.43 bits per heavy atom. The Morgan fingerprint density at radius 1 is 0.657 bits per heavy atom. The molecule has 0 bridgehead atoms. The maximum atomic E-state index is 13.6. The lowest BCUT2D eigenvalue weighted by Crippen LogP contribution is -2.26. The largest absolute Gasteiger partial charge is 0.478 e. The van der Waals surface area contributed by atoms with Gasteiger partial charge in [-0.25, -0.2) is 48.3 Å². The first-order chi connectivity index (χ1) is 31.5. The highest BCUT2D eigenvalue weighted by molar-refractivity contribution is 7.90. The highest BCUT2D eigenvalue weighted by Gasteiger charge is 2.30. The zero-order valence-corrected chi connectivity index (χ0v) is 40.5. The van der Waals surface area contributed by atoms with Gasteiger partial charge in [-0.15, -0.1) is 0 Å². The summed E-state index contributed by atoms with van der Waals surface area (Å²) in [6, 6.07) is 12.4. The molecular formula is C48H61F2N7O8S2. The highest BCUT2D eigenvalue weighted by Crippen LogP contribution is 2.35. The van der Waals surface area contributed by atoms with Crippen molar-refractivity contribution in [3.05, 3.63) is 96.1 Å². The minimum Gasteiger partial charge on any atom is -0.478 e. The Balaban J connectivity index is 0.000000200. The molecule has 19 heteroatoms. The molecule has 4 aromatic heterocycles. The number of imidazole rings is 2. The van der Waals surface area contributed by atoms with Gasteiger partial charge in [0.05, 0.1) is 49.6 Å². The van der Waals surface area contributed by atoms with Crippen molar-refractivity contribution < 1.29 is 45.4 Å². The molecule has 15 nitrogen and oxygen atoms in total. The van der Waals surface area contributed by atoms with Crippen LogP contribution in [0.4, 0.5) is 8.78 Å². The van der Waals surface area contributed by atoms with Crippen LogP contribution >= 0.6 is 0 Å². The normalized spacial score (nSPS) is 19.6. The van der Waals surface area contributed by atoms with Crippen LogP contribution in [0.1, 0.15) is 125 Å². The average Bonchev–Trinajstić information content (AvgIpc) is 4.10. The molecule has 67 heavy (non-hydrogen) atoms. The van der Waals surface area contributed by atoms with E-state index in [4.69, 9.17) is 20.2 Å². The summed E-state index contributed by atoms with van der Waals surface area (Å²) in [7, 11) is -7.89. The lowest BCUT2D eigenvalue weighted by Gasteiger charge is -2.27. The van der Waals surface area contributed by atoms with E-state index in [9.17, 15) is 35.2 Å². The number of aliphatic hydroxyl groups excluding tert-OH is 1. The van der Waals surface area contributed by atoms with E-state index in [1.807, 2.05) is 0 Å². The van der Waals surface area contributed by atoms with Gasteiger partial charge in [0.2, 0.25) is 0 Å². The zero-order chi connectivity index (χ0) is 48.6. The van der Waals surface area contributed by atoms with Crippen LogP contribution in [0, 0.1) is 11.8 Å². The fourth-order valence-corrected chi connectivity index (χ4v) is 11.4. The Labute approximate surface area is 390 Å². The molecule has 2 aliphatic carbocycles. The van der Waals surface area contributed by atoms with Crippen LogP contribution in [-0.2, 0) is 44.0 Å². The van der Waals surface area contributed by atoms with E-state index in [1.165, 1.54) is 42.9 Å². The summed E-state index contributed by atoms with van der Waals surface area (Å²) < 4.78 is 86.1. The van der Waals surface area contributed by atoms with Crippen LogP contribution in [0.25, 0.3) is 22.1 Å². The second-order valence-corrected chi connectivity index (χ2v) is 23.6. The van der Waals surface area contributed by atoms with E-state index < -0.39 is 44.3 Å². The minimum absolute atomic E-state index is 0.0422. The first kappa shape index (κ1) is 49.5. The van der Waals surface area contributed by atoms with Gasteiger partial charge in [-0.05, 0) is 112 Å². The summed E-state index contributed by atoms with van der Waals surface area (Å²) in [6.45, 7) is 13.7. The average molecular weight is 966 g/mol. The highest BCUT2D eigenvalue weighted by atomic mass is 32.2. The van der Waals surface area contributed by atoms with Crippen molar-refractivity contribution in [3.8, 4) is 0 Å². The van der Waals surface area contributed by atoms with Crippen LogP contribution in [-0.4, -0.2) is 91.5 Å². The first-order valence-electron chi connectivity index (χ1n) is 22.8. The van der Waals surface area contributed by atoms with E-state index in [0.29, 0.717) is 48.6 Å². The molecule has 0 saturated heterocycles. The Kier molecular flexibility index (Phi) is 14.3. The molecule has 2 aliphatic rings. The van der Waals surface area contributed by atoms with Gasteiger partial charge < -0.3 is 24.7 Å². The first-order valence-corrected chi connectivity index (χ1v) is 25.6. The van der Waals surface area contributed by atoms with Gasteiger partial charge in [0.1, 0.15) is 24.0 Å². The third-order valence-electron chi connectivity index (χ3n) is 12.6. The number of nitrogens with zero attached hydrogens (tertiary/aromatic N) is 6. The Bertz CT molecular complexity index is 2980. The summed E-state index contributed by atoms with van der Waals surface area (Å²) in [6.07, 6.45) is 9.13. The molecule has 2 saturated carbocycles. The number of carbonyl (C=O) groups is 2. The van der Waals surface area contributed by atoms with E-state index in [0.717, 1.165) is 75.6 Å². The molecule has 0 unspecified atom stereocenters. The second-order valence-electron chi connectivity index (χ2n) is 19.9. The Hall–Kier alpha value is -5.40. The molecule has 362 valence electrons. The maximum Gasteiger partial charge on any atom is 0.337 e. The van der Waals surface area contributed by atoms with Gasteiger partial charge in [0.25, 0.3) is 26.0 Å². The number of benzene rings is 2. The van der Waals surface area contributed by atoms with Gasteiger partial charge in [-0.2, -0.15) is 0 Å². The molecule has 4 heterocycles. The van der Waals surface area contributed by atoms with Gasteiger partial charge in [-0.3, -0.25) is 4.79 Å². The van der Waals surface area contributed by atoms with E-state index in [-0.39, 0.29) is 44.9 Å². The van der Waals surface area contributed by atoms with Crippen molar-refractivity contribution in [2.45, 2.75) is 139 Å². The smallest absolute Gasteiger partial charge is 0.337 e. The summed E-state index contributed by atoms with van der Waals surface area (Å²) >= 11 is 0. The number of carbonyl (C=O) groups excluding carboxylic acids is 1. The topological polar surface area (TPSA) is 200 Å². The summed E-state index contributed by atoms with van der Waals surface area (Å²) in [4.78, 5) is 33.0. The van der Waals surface area contributed by atoms with Crippen LogP contribution in [0.5, 0.6) is 0 Å². The number of amides is 1. The summed E-state index contributed by atoms with van der Waals surface area (Å²) in [5.41, 5.74) is 2.42. The number of rotatable bonds is 12. The number of aromatic carboxylic acids is 1. The fourth-order valence-electron chi connectivity index (χ4n) is 9.01. The van der Waals surface area contributed by atoms with Crippen LogP contribution in [0.2, 0.25) is 0 Å². The van der Waals surface area contributed by atoms with Gasteiger partial charge in [-0.1, -0.05) is 41.5 Å². The molecule has 0 aliphatic heterocycles. The molecule has 0 radical (unpaired) electrons. The molecule has 8 rings (SSSR count). The van der Waals surface area contributed by atoms with Crippen molar-refractivity contribution >= 4 is 54.0 Å². The lowest BCUT2D eigenvalue weighted by atomic mass is 9.87. The number of halogens is 2. The molecule has 0 spiro atoms. The minimum atomic E-state index is -3.95. The van der Waals surface area contributed by atoms with Gasteiger partial charge in [0.15, 0.2) is 0 Å². The number of alkyl halides is 2. The zero-order valence-electron chi connectivity index (χ0n) is 38.8. The van der Waals surface area contributed by atoms with Gasteiger partial charge in [0, 0.05) is 55.3 Å². The van der Waals surface area contributed by atoms with Crippen LogP contribution < -0.4 is 5.32 Å². The van der Waals surface area contributed by atoms with Gasteiger partial charge >= 0.3 is 5.97 Å². The number of carboxylic acids is 1. The third-order valence-corrected chi connectivity index (χ3v) is 15.9. The number of nitrogens with one attached hydrogen (secondary N) is 1. The number of hydrogen-bond acceptors (Lipinski definition) is 9. The molecule has 3 N–H and O–H groups in total. The van der Waals surface area contributed by atoms with Crippen molar-refractivity contribution in [2.75, 3.05) is 13.2 Å². The molecule has 1 amide bonds. The van der Waals surface area contributed by atoms with Crippen molar-refractivity contribution in [3.63, 3.8) is 0 Å². The third kappa shape index (κ3) is 10.8.